The third-order valence-electron chi connectivity index (χ3n) is 3.57. The smallest absolute Gasteiger partial charge is 0.242 e. The maximum atomic E-state index is 12.3. The summed E-state index contributed by atoms with van der Waals surface area (Å²) in [7, 11) is -1.83. The first kappa shape index (κ1) is 16.0. The highest BCUT2D eigenvalue weighted by molar-refractivity contribution is 7.89. The summed E-state index contributed by atoms with van der Waals surface area (Å²) in [6.07, 6.45) is 1.07. The summed E-state index contributed by atoms with van der Waals surface area (Å²) >= 11 is 12.1. The summed E-state index contributed by atoms with van der Waals surface area (Å²) in [5.74, 6) is 1.03. The van der Waals surface area contributed by atoms with Crippen molar-refractivity contribution >= 4 is 33.2 Å². The number of benzene rings is 1. The number of sulfonamides is 1. The quantitative estimate of drug-likeness (QED) is 0.839. The van der Waals surface area contributed by atoms with Crippen LogP contribution in [0.2, 0.25) is 10.0 Å². The molecule has 1 fully saturated rings. The van der Waals surface area contributed by atoms with Crippen molar-refractivity contribution in [2.75, 3.05) is 13.6 Å². The molecule has 20 heavy (non-hydrogen) atoms. The van der Waals surface area contributed by atoms with Crippen molar-refractivity contribution in [2.45, 2.75) is 24.8 Å². The van der Waals surface area contributed by atoms with Crippen LogP contribution < -0.4 is 10.0 Å². The number of hydrogen-bond donors (Lipinski definition) is 2. The topological polar surface area (TPSA) is 58.2 Å². The van der Waals surface area contributed by atoms with Crippen LogP contribution in [0.4, 0.5) is 0 Å². The van der Waals surface area contributed by atoms with E-state index in [4.69, 9.17) is 23.2 Å². The van der Waals surface area contributed by atoms with Crippen LogP contribution >= 0.6 is 23.2 Å². The molecule has 0 spiro atoms. The van der Waals surface area contributed by atoms with Gasteiger partial charge in [0.15, 0.2) is 0 Å². The normalized spacial score (nSPS) is 22.0. The van der Waals surface area contributed by atoms with Gasteiger partial charge < -0.3 is 5.32 Å². The van der Waals surface area contributed by atoms with Crippen LogP contribution in [0.1, 0.15) is 18.9 Å². The summed E-state index contributed by atoms with van der Waals surface area (Å²) < 4.78 is 27.2. The Morgan fingerprint density at radius 2 is 1.95 bits per heavy atom. The lowest BCUT2D eigenvalue weighted by Crippen LogP contribution is -2.26. The van der Waals surface area contributed by atoms with E-state index in [9.17, 15) is 8.42 Å². The van der Waals surface area contributed by atoms with Gasteiger partial charge >= 0.3 is 0 Å². The third kappa shape index (κ3) is 3.65. The fourth-order valence-electron chi connectivity index (χ4n) is 2.08. The maximum Gasteiger partial charge on any atom is 0.242 e. The molecule has 1 aliphatic rings. The van der Waals surface area contributed by atoms with Gasteiger partial charge in [0.25, 0.3) is 0 Å². The van der Waals surface area contributed by atoms with Crippen LogP contribution in [0.5, 0.6) is 0 Å². The van der Waals surface area contributed by atoms with Crippen LogP contribution in [0, 0.1) is 11.8 Å². The molecule has 1 aromatic rings. The second-order valence-corrected chi connectivity index (χ2v) is 7.78. The molecule has 0 saturated heterocycles. The fraction of sp³-hybridized carbons (Fsp3) is 0.538. The largest absolute Gasteiger partial charge is 0.316 e. The zero-order valence-corrected chi connectivity index (χ0v) is 13.7. The van der Waals surface area contributed by atoms with Crippen LogP contribution in [0.25, 0.3) is 0 Å². The number of halogens is 2. The van der Waals surface area contributed by atoms with E-state index in [1.165, 1.54) is 12.1 Å². The lowest BCUT2D eigenvalue weighted by atomic mass is 10.2. The molecular weight excluding hydrogens is 319 g/mol. The Bertz CT molecular complexity index is 605. The van der Waals surface area contributed by atoms with Crippen molar-refractivity contribution in [1.82, 2.24) is 10.0 Å². The SMILES string of the molecule is CNCc1cc(S(=O)(=O)NCC2CC2C)c(Cl)cc1Cl. The standard InChI is InChI=1S/C13H18Cl2N2O2S/c1-8-3-9(8)7-17-20(18,19)13-4-10(6-16-2)11(14)5-12(13)15/h4-5,8-9,16-17H,3,6-7H2,1-2H3. The van der Waals surface area contributed by atoms with Crippen molar-refractivity contribution in [3.05, 3.63) is 27.7 Å². The van der Waals surface area contributed by atoms with Crippen molar-refractivity contribution < 1.29 is 8.42 Å². The van der Waals surface area contributed by atoms with Gasteiger partial charge in [0.05, 0.1) is 5.02 Å². The highest BCUT2D eigenvalue weighted by Gasteiger charge is 2.33. The van der Waals surface area contributed by atoms with Crippen molar-refractivity contribution in [1.29, 1.82) is 0 Å². The molecule has 2 atom stereocenters. The van der Waals surface area contributed by atoms with Crippen LogP contribution in [-0.2, 0) is 16.6 Å². The van der Waals surface area contributed by atoms with Gasteiger partial charge in [-0.15, -0.1) is 0 Å². The summed E-state index contributed by atoms with van der Waals surface area (Å²) in [5.41, 5.74) is 0.707. The summed E-state index contributed by atoms with van der Waals surface area (Å²) in [5, 5.41) is 3.55. The molecular formula is C13H18Cl2N2O2S. The molecule has 1 aromatic carbocycles. The molecule has 0 heterocycles. The van der Waals surface area contributed by atoms with E-state index >= 15 is 0 Å². The van der Waals surface area contributed by atoms with Crippen LogP contribution in [0.15, 0.2) is 17.0 Å². The molecule has 0 radical (unpaired) electrons. The molecule has 0 aliphatic heterocycles. The second-order valence-electron chi connectivity index (χ2n) is 5.23. The summed E-state index contributed by atoms with van der Waals surface area (Å²) in [4.78, 5) is 0.0853. The molecule has 2 unspecified atom stereocenters. The Morgan fingerprint density at radius 1 is 1.30 bits per heavy atom. The maximum absolute atomic E-state index is 12.3. The van der Waals surface area contributed by atoms with Gasteiger partial charge in [-0.3, -0.25) is 0 Å². The Morgan fingerprint density at radius 3 is 2.50 bits per heavy atom. The van der Waals surface area contributed by atoms with E-state index < -0.39 is 10.0 Å². The van der Waals surface area contributed by atoms with E-state index in [2.05, 4.69) is 17.0 Å². The first-order chi connectivity index (χ1) is 9.35. The lowest BCUT2D eigenvalue weighted by Gasteiger charge is -2.11. The predicted molar refractivity (Wildman–Crippen MR) is 81.7 cm³/mol. The molecule has 1 saturated carbocycles. The monoisotopic (exact) mass is 336 g/mol. The zero-order chi connectivity index (χ0) is 14.9. The Labute approximate surface area is 129 Å². The van der Waals surface area contributed by atoms with Gasteiger partial charge in [-0.1, -0.05) is 30.1 Å². The van der Waals surface area contributed by atoms with Crippen molar-refractivity contribution in [3.8, 4) is 0 Å². The van der Waals surface area contributed by atoms with Crippen LogP contribution in [0.3, 0.4) is 0 Å². The first-order valence-electron chi connectivity index (χ1n) is 6.47. The summed E-state index contributed by atoms with van der Waals surface area (Å²) in [6, 6.07) is 3.00. The molecule has 0 bridgehead atoms. The Balaban J connectivity index is 2.23. The minimum absolute atomic E-state index is 0.0853. The van der Waals surface area contributed by atoms with Gasteiger partial charge in [-0.25, -0.2) is 13.1 Å². The number of rotatable bonds is 6. The fourth-order valence-corrected chi connectivity index (χ4v) is 4.04. The minimum Gasteiger partial charge on any atom is -0.316 e. The number of nitrogens with one attached hydrogen (secondary N) is 2. The average molecular weight is 337 g/mol. The Hall–Kier alpha value is -0.330. The second kappa shape index (κ2) is 6.20. The molecule has 0 amide bonds. The molecule has 2 N–H and O–H groups in total. The molecule has 1 aliphatic carbocycles. The number of hydrogen-bond acceptors (Lipinski definition) is 3. The van der Waals surface area contributed by atoms with Gasteiger partial charge in [0.2, 0.25) is 10.0 Å². The molecule has 7 heteroatoms. The lowest BCUT2D eigenvalue weighted by molar-refractivity contribution is 0.574. The summed E-state index contributed by atoms with van der Waals surface area (Å²) in [6.45, 7) is 3.06. The van der Waals surface area contributed by atoms with Gasteiger partial charge in [0, 0.05) is 18.1 Å². The van der Waals surface area contributed by atoms with Crippen LogP contribution in [-0.4, -0.2) is 22.0 Å². The highest BCUT2D eigenvalue weighted by Crippen LogP contribution is 2.37. The molecule has 0 aromatic heterocycles. The minimum atomic E-state index is -3.60. The van der Waals surface area contributed by atoms with E-state index in [0.717, 1.165) is 6.42 Å². The van der Waals surface area contributed by atoms with Gasteiger partial charge in [0.1, 0.15) is 4.90 Å². The first-order valence-corrected chi connectivity index (χ1v) is 8.71. The van der Waals surface area contributed by atoms with E-state index in [-0.39, 0.29) is 9.92 Å². The van der Waals surface area contributed by atoms with Gasteiger partial charge in [-0.05, 0) is 43.0 Å². The van der Waals surface area contributed by atoms with Crippen molar-refractivity contribution in [2.24, 2.45) is 11.8 Å². The highest BCUT2D eigenvalue weighted by atomic mass is 35.5. The molecule has 112 valence electrons. The van der Waals surface area contributed by atoms with Gasteiger partial charge in [-0.2, -0.15) is 0 Å². The average Bonchev–Trinajstić information content (AvgIpc) is 3.06. The molecule has 4 nitrogen and oxygen atoms in total. The van der Waals surface area contributed by atoms with E-state index in [1.54, 1.807) is 7.05 Å². The van der Waals surface area contributed by atoms with E-state index in [0.29, 0.717) is 35.5 Å². The predicted octanol–water partition coefficient (Wildman–Crippen LogP) is 2.65. The molecule has 2 rings (SSSR count). The zero-order valence-electron chi connectivity index (χ0n) is 11.4. The van der Waals surface area contributed by atoms with Crippen molar-refractivity contribution in [3.63, 3.8) is 0 Å². The van der Waals surface area contributed by atoms with E-state index in [1.807, 2.05) is 0 Å². The Kier molecular flexibility index (Phi) is 4.97. The third-order valence-corrected chi connectivity index (χ3v) is 5.81.